The van der Waals surface area contributed by atoms with Gasteiger partial charge in [-0.1, -0.05) is 18.5 Å². The maximum atomic E-state index is 14.2. The van der Waals surface area contributed by atoms with E-state index >= 15 is 0 Å². The van der Waals surface area contributed by atoms with Crippen LogP contribution in [0, 0.1) is 13.8 Å². The predicted octanol–water partition coefficient (Wildman–Crippen LogP) is 5.87. The lowest BCUT2D eigenvalue weighted by molar-refractivity contribution is -0.137. The molecule has 3 heterocycles. The van der Waals surface area contributed by atoms with Crippen molar-refractivity contribution in [2.75, 3.05) is 23.3 Å². The van der Waals surface area contributed by atoms with Gasteiger partial charge in [-0.15, -0.1) is 0 Å². The summed E-state index contributed by atoms with van der Waals surface area (Å²) in [5.41, 5.74) is 0.595. The van der Waals surface area contributed by atoms with Crippen LogP contribution in [0.25, 0.3) is 11.2 Å². The number of ether oxygens (including phenoxy) is 1. The Kier molecular flexibility index (Phi) is 8.54. The highest BCUT2D eigenvalue weighted by molar-refractivity contribution is 6.33. The van der Waals surface area contributed by atoms with E-state index in [2.05, 4.69) is 15.3 Å². The van der Waals surface area contributed by atoms with E-state index in [1.165, 1.54) is 0 Å². The van der Waals surface area contributed by atoms with E-state index in [1.54, 1.807) is 23.3 Å². The van der Waals surface area contributed by atoms with Crippen molar-refractivity contribution in [3.05, 3.63) is 56.1 Å². The summed E-state index contributed by atoms with van der Waals surface area (Å²) in [4.78, 5) is 53.5. The number of hydrogen-bond donors (Lipinski definition) is 1. The SMILES string of the molecule is CCc1c(N2CCN(C(=O)OC(C)(C)C)[C@H]3CC[C@@H]32)c(=O)c2nc(C)c(C)nc2n1CC(=O)Nc1ccc(C(F)(F)F)cc1Cl. The first kappa shape index (κ1) is 32.5. The third-order valence-corrected chi connectivity index (χ3v) is 8.59. The number of amides is 2. The number of aryl methyl sites for hydroxylation is 2. The van der Waals surface area contributed by atoms with Gasteiger partial charge < -0.3 is 24.4 Å². The molecule has 10 nitrogen and oxygen atoms in total. The van der Waals surface area contributed by atoms with Crippen molar-refractivity contribution < 1.29 is 27.5 Å². The number of benzene rings is 1. The molecule has 3 aromatic rings. The number of anilines is 2. The first-order valence-electron chi connectivity index (χ1n) is 14.8. The molecule has 2 fully saturated rings. The molecule has 2 aliphatic rings. The van der Waals surface area contributed by atoms with Gasteiger partial charge in [0.15, 0.2) is 11.2 Å². The van der Waals surface area contributed by atoms with Gasteiger partial charge in [0.05, 0.1) is 33.7 Å². The number of carbonyl (C=O) groups excluding carboxylic acids is 2. The molecule has 2 amide bonds. The molecule has 5 rings (SSSR count). The molecule has 1 aromatic carbocycles. The predicted molar refractivity (Wildman–Crippen MR) is 165 cm³/mol. The van der Waals surface area contributed by atoms with Gasteiger partial charge in [0, 0.05) is 24.8 Å². The van der Waals surface area contributed by atoms with Crippen LogP contribution in [-0.2, 0) is 28.7 Å². The molecule has 1 saturated carbocycles. The van der Waals surface area contributed by atoms with E-state index in [0.717, 1.165) is 31.0 Å². The second-order valence-corrected chi connectivity index (χ2v) is 12.9. The van der Waals surface area contributed by atoms with Crippen molar-refractivity contribution in [2.45, 2.75) is 91.2 Å². The summed E-state index contributed by atoms with van der Waals surface area (Å²) in [5, 5.41) is 2.34. The zero-order valence-corrected chi connectivity index (χ0v) is 26.8. The number of aromatic nitrogens is 3. The van der Waals surface area contributed by atoms with Gasteiger partial charge >= 0.3 is 12.3 Å². The van der Waals surface area contributed by atoms with Crippen LogP contribution in [0.2, 0.25) is 5.02 Å². The Balaban J connectivity index is 1.54. The van der Waals surface area contributed by atoms with Crippen molar-refractivity contribution >= 4 is 46.1 Å². The van der Waals surface area contributed by atoms with Gasteiger partial charge in [-0.3, -0.25) is 9.59 Å². The van der Waals surface area contributed by atoms with Crippen LogP contribution in [0.1, 0.15) is 63.2 Å². The van der Waals surface area contributed by atoms with Gasteiger partial charge in [-0.2, -0.15) is 13.2 Å². The first-order valence-corrected chi connectivity index (χ1v) is 15.2. The Hall–Kier alpha value is -3.87. The Morgan fingerprint density at radius 3 is 2.31 bits per heavy atom. The first-order chi connectivity index (χ1) is 21.0. The fourth-order valence-electron chi connectivity index (χ4n) is 5.95. The molecule has 242 valence electrons. The summed E-state index contributed by atoms with van der Waals surface area (Å²) >= 11 is 6.10. The fraction of sp³-hybridized carbons (Fsp3) is 0.516. The summed E-state index contributed by atoms with van der Waals surface area (Å²) in [6, 6.07) is 2.43. The van der Waals surface area contributed by atoms with Crippen LogP contribution >= 0.6 is 11.6 Å². The summed E-state index contributed by atoms with van der Waals surface area (Å²) < 4.78 is 46.7. The number of rotatable bonds is 5. The minimum atomic E-state index is -4.58. The third kappa shape index (κ3) is 6.31. The standard InChI is InChI=1S/C31H36ClF3N6O4/c1-7-21-26(39-12-13-40(23-11-10-22(23)39)29(44)45-30(4,5)6)27(43)25-28(37-17(3)16(2)36-25)41(21)15-24(42)38-20-9-8-18(14-19(20)32)31(33,34)35/h8-9,14,22-23H,7,10-13,15H2,1-6H3,(H,38,42)/t22-,23-/m0/s1. The Morgan fingerprint density at radius 1 is 1.07 bits per heavy atom. The Bertz CT molecular complexity index is 1740. The monoisotopic (exact) mass is 648 g/mol. The number of hydrogen-bond acceptors (Lipinski definition) is 7. The zero-order valence-electron chi connectivity index (χ0n) is 26.0. The average molecular weight is 649 g/mol. The Morgan fingerprint density at radius 2 is 1.73 bits per heavy atom. The van der Waals surface area contributed by atoms with Crippen LogP contribution in [-0.4, -0.2) is 62.2 Å². The highest BCUT2D eigenvalue weighted by Crippen LogP contribution is 2.38. The minimum absolute atomic E-state index is 0.0203. The van der Waals surface area contributed by atoms with E-state index in [-0.39, 0.29) is 52.0 Å². The number of nitrogens with zero attached hydrogens (tertiary/aromatic N) is 5. The highest BCUT2D eigenvalue weighted by atomic mass is 35.5. The van der Waals surface area contributed by atoms with E-state index < -0.39 is 23.2 Å². The smallest absolute Gasteiger partial charge is 0.416 e. The van der Waals surface area contributed by atoms with Crippen LogP contribution in [0.15, 0.2) is 23.0 Å². The van der Waals surface area contributed by atoms with E-state index in [4.69, 9.17) is 16.3 Å². The van der Waals surface area contributed by atoms with Gasteiger partial charge in [0.1, 0.15) is 17.8 Å². The van der Waals surface area contributed by atoms with Crippen molar-refractivity contribution in [2.24, 2.45) is 0 Å². The molecule has 0 bridgehead atoms. The molecule has 2 atom stereocenters. The molecule has 0 spiro atoms. The lowest BCUT2D eigenvalue weighted by atomic mass is 9.81. The van der Waals surface area contributed by atoms with Gasteiger partial charge in [-0.05, 0) is 72.1 Å². The topological polar surface area (TPSA) is 110 Å². The highest BCUT2D eigenvalue weighted by Gasteiger charge is 2.47. The summed E-state index contributed by atoms with van der Waals surface area (Å²) in [6.45, 7) is 11.3. The van der Waals surface area contributed by atoms with Crippen molar-refractivity contribution in [3.8, 4) is 0 Å². The van der Waals surface area contributed by atoms with Crippen LogP contribution in [0.3, 0.4) is 0 Å². The van der Waals surface area contributed by atoms with Crippen molar-refractivity contribution in [3.63, 3.8) is 0 Å². The zero-order chi connectivity index (χ0) is 33.0. The lowest BCUT2D eigenvalue weighted by Crippen LogP contribution is -2.67. The molecule has 45 heavy (non-hydrogen) atoms. The molecule has 14 heteroatoms. The Labute approximate surface area is 263 Å². The molecule has 1 aliphatic carbocycles. The van der Waals surface area contributed by atoms with Crippen LogP contribution in [0.5, 0.6) is 0 Å². The molecular formula is C31H36ClF3N6O4. The third-order valence-electron chi connectivity index (χ3n) is 8.28. The second-order valence-electron chi connectivity index (χ2n) is 12.5. The molecule has 0 unspecified atom stereocenters. The summed E-state index contributed by atoms with van der Waals surface area (Å²) in [6.07, 6.45) is -3.08. The number of nitrogens with one attached hydrogen (secondary N) is 1. The van der Waals surface area contributed by atoms with Crippen molar-refractivity contribution in [1.29, 1.82) is 0 Å². The molecular weight excluding hydrogens is 613 g/mol. The number of piperazine rings is 1. The molecule has 1 N–H and O–H groups in total. The fourth-order valence-corrected chi connectivity index (χ4v) is 6.17. The average Bonchev–Trinajstić information content (AvgIpc) is 2.91. The number of fused-ring (bicyclic) bond motifs is 2. The van der Waals surface area contributed by atoms with Crippen molar-refractivity contribution in [1.82, 2.24) is 19.4 Å². The maximum absolute atomic E-state index is 14.2. The second kappa shape index (κ2) is 11.8. The molecule has 1 aliphatic heterocycles. The van der Waals surface area contributed by atoms with Crippen LogP contribution < -0.4 is 15.6 Å². The quantitative estimate of drug-likeness (QED) is 0.369. The van der Waals surface area contributed by atoms with E-state index in [9.17, 15) is 27.6 Å². The molecule has 2 aromatic heterocycles. The number of pyridine rings is 1. The largest absolute Gasteiger partial charge is 0.444 e. The molecule has 0 radical (unpaired) electrons. The maximum Gasteiger partial charge on any atom is 0.416 e. The summed E-state index contributed by atoms with van der Waals surface area (Å²) in [5.74, 6) is -0.571. The van der Waals surface area contributed by atoms with Gasteiger partial charge in [-0.25, -0.2) is 14.8 Å². The van der Waals surface area contributed by atoms with Crippen LogP contribution in [0.4, 0.5) is 29.3 Å². The van der Waals surface area contributed by atoms with Gasteiger partial charge in [0.25, 0.3) is 0 Å². The minimum Gasteiger partial charge on any atom is -0.444 e. The van der Waals surface area contributed by atoms with E-state index in [0.29, 0.717) is 42.3 Å². The number of alkyl halides is 3. The van der Waals surface area contributed by atoms with Gasteiger partial charge in [0.2, 0.25) is 11.3 Å². The lowest BCUT2D eigenvalue weighted by Gasteiger charge is -2.54. The van der Waals surface area contributed by atoms with E-state index in [1.807, 2.05) is 32.6 Å². The molecule has 1 saturated heterocycles. The number of halogens is 4. The summed E-state index contributed by atoms with van der Waals surface area (Å²) in [7, 11) is 0. The number of carbonyl (C=O) groups is 2. The normalized spacial score (nSPS) is 18.4.